The van der Waals surface area contributed by atoms with Crippen LogP contribution in [-0.4, -0.2) is 18.8 Å². The van der Waals surface area contributed by atoms with E-state index in [9.17, 15) is 4.79 Å². The van der Waals surface area contributed by atoms with Gasteiger partial charge in [-0.2, -0.15) is 0 Å². The molecule has 78 valence electrons. The SMILES string of the molecule is CNC(=O)c1ccc(C#CCCCl)cc1. The molecule has 1 amide bonds. The molecule has 0 aliphatic heterocycles. The highest BCUT2D eigenvalue weighted by atomic mass is 35.5. The maximum atomic E-state index is 11.2. The number of rotatable bonds is 2. The molecule has 1 rings (SSSR count). The van der Waals surface area contributed by atoms with Gasteiger partial charge < -0.3 is 5.32 Å². The molecular formula is C12H12ClNO. The van der Waals surface area contributed by atoms with Gasteiger partial charge in [-0.3, -0.25) is 4.79 Å². The summed E-state index contributed by atoms with van der Waals surface area (Å²) in [7, 11) is 1.61. The minimum atomic E-state index is -0.0877. The summed E-state index contributed by atoms with van der Waals surface area (Å²) < 4.78 is 0. The topological polar surface area (TPSA) is 29.1 Å². The molecule has 0 heterocycles. The average molecular weight is 222 g/mol. The zero-order valence-electron chi connectivity index (χ0n) is 8.51. The van der Waals surface area contributed by atoms with Gasteiger partial charge in [0.2, 0.25) is 0 Å². The normalized spacial score (nSPS) is 8.93. The zero-order valence-corrected chi connectivity index (χ0v) is 9.27. The van der Waals surface area contributed by atoms with Gasteiger partial charge in [-0.1, -0.05) is 11.8 Å². The van der Waals surface area contributed by atoms with Crippen molar-refractivity contribution in [3.63, 3.8) is 0 Å². The molecule has 0 bridgehead atoms. The first-order valence-corrected chi connectivity index (χ1v) is 5.18. The Labute approximate surface area is 94.6 Å². The van der Waals surface area contributed by atoms with Crippen LogP contribution in [0.4, 0.5) is 0 Å². The van der Waals surface area contributed by atoms with E-state index in [-0.39, 0.29) is 5.91 Å². The lowest BCUT2D eigenvalue weighted by Crippen LogP contribution is -2.17. The average Bonchev–Trinajstić information content (AvgIpc) is 2.29. The van der Waals surface area contributed by atoms with Gasteiger partial charge in [0.1, 0.15) is 0 Å². The van der Waals surface area contributed by atoms with Crippen LogP contribution in [0.25, 0.3) is 0 Å². The first-order valence-electron chi connectivity index (χ1n) is 4.65. The maximum Gasteiger partial charge on any atom is 0.251 e. The van der Waals surface area contributed by atoms with Crippen molar-refractivity contribution in [3.8, 4) is 11.8 Å². The quantitative estimate of drug-likeness (QED) is 0.601. The van der Waals surface area contributed by atoms with Gasteiger partial charge in [-0.05, 0) is 24.3 Å². The van der Waals surface area contributed by atoms with E-state index >= 15 is 0 Å². The molecule has 0 aromatic heterocycles. The summed E-state index contributed by atoms with van der Waals surface area (Å²) in [4.78, 5) is 11.2. The number of hydrogen-bond acceptors (Lipinski definition) is 1. The predicted octanol–water partition coefficient (Wildman–Crippen LogP) is 2.03. The number of amides is 1. The summed E-state index contributed by atoms with van der Waals surface area (Å²) in [6, 6.07) is 7.16. The molecule has 0 aliphatic rings. The molecular weight excluding hydrogens is 210 g/mol. The van der Waals surface area contributed by atoms with E-state index in [1.807, 2.05) is 12.1 Å². The van der Waals surface area contributed by atoms with Crippen molar-refractivity contribution in [2.75, 3.05) is 12.9 Å². The summed E-state index contributed by atoms with van der Waals surface area (Å²) in [6.45, 7) is 0. The lowest BCUT2D eigenvalue weighted by molar-refractivity contribution is 0.0963. The number of alkyl halides is 1. The van der Waals surface area contributed by atoms with Crippen molar-refractivity contribution in [1.29, 1.82) is 0 Å². The minimum Gasteiger partial charge on any atom is -0.355 e. The smallest absolute Gasteiger partial charge is 0.251 e. The highest BCUT2D eigenvalue weighted by Crippen LogP contribution is 2.03. The van der Waals surface area contributed by atoms with Gasteiger partial charge in [-0.15, -0.1) is 11.6 Å². The van der Waals surface area contributed by atoms with Crippen molar-refractivity contribution < 1.29 is 4.79 Å². The first kappa shape index (κ1) is 11.6. The van der Waals surface area contributed by atoms with Crippen molar-refractivity contribution >= 4 is 17.5 Å². The molecule has 2 nitrogen and oxygen atoms in total. The van der Waals surface area contributed by atoms with Crippen molar-refractivity contribution in [1.82, 2.24) is 5.32 Å². The van der Waals surface area contributed by atoms with E-state index in [2.05, 4.69) is 17.2 Å². The van der Waals surface area contributed by atoms with Crippen molar-refractivity contribution in [2.45, 2.75) is 6.42 Å². The lowest BCUT2D eigenvalue weighted by Gasteiger charge is -1.98. The Balaban J connectivity index is 2.73. The van der Waals surface area contributed by atoms with E-state index in [1.165, 1.54) is 0 Å². The van der Waals surface area contributed by atoms with Crippen LogP contribution >= 0.6 is 11.6 Å². The summed E-state index contributed by atoms with van der Waals surface area (Å²) >= 11 is 5.50. The molecule has 3 heteroatoms. The van der Waals surface area contributed by atoms with Gasteiger partial charge in [0, 0.05) is 30.5 Å². The molecule has 0 fully saturated rings. The molecule has 0 saturated heterocycles. The predicted molar refractivity (Wildman–Crippen MR) is 62.0 cm³/mol. The highest BCUT2D eigenvalue weighted by Gasteiger charge is 2.00. The zero-order chi connectivity index (χ0) is 11.1. The number of carbonyl (C=O) groups excluding carboxylic acids is 1. The number of carbonyl (C=O) groups is 1. The number of benzene rings is 1. The molecule has 1 N–H and O–H groups in total. The van der Waals surface area contributed by atoms with Crippen LogP contribution in [0.5, 0.6) is 0 Å². The van der Waals surface area contributed by atoms with Crippen molar-refractivity contribution in [3.05, 3.63) is 35.4 Å². The van der Waals surface area contributed by atoms with E-state index in [4.69, 9.17) is 11.6 Å². The van der Waals surface area contributed by atoms with Crippen molar-refractivity contribution in [2.24, 2.45) is 0 Å². The van der Waals surface area contributed by atoms with Crippen LogP contribution in [0.3, 0.4) is 0 Å². The second kappa shape index (κ2) is 6.10. The Bertz CT molecular complexity index is 386. The van der Waals surface area contributed by atoms with E-state index in [0.717, 1.165) is 5.56 Å². The molecule has 15 heavy (non-hydrogen) atoms. The molecule has 0 radical (unpaired) electrons. The van der Waals surface area contributed by atoms with E-state index in [1.54, 1.807) is 19.2 Å². The summed E-state index contributed by atoms with van der Waals surface area (Å²) in [5, 5.41) is 2.56. The summed E-state index contributed by atoms with van der Waals surface area (Å²) in [6.07, 6.45) is 0.679. The monoisotopic (exact) mass is 221 g/mol. The molecule has 1 aromatic rings. The molecule has 1 aromatic carbocycles. The summed E-state index contributed by atoms with van der Waals surface area (Å²) in [5.74, 6) is 6.35. The third-order valence-corrected chi connectivity index (χ3v) is 2.02. The standard InChI is InChI=1S/C12H12ClNO/c1-14-12(15)11-7-5-10(6-8-11)4-2-3-9-13/h5-8H,3,9H2,1H3,(H,14,15). The number of hydrogen-bond donors (Lipinski definition) is 1. The van der Waals surface area contributed by atoms with Gasteiger partial charge in [0.25, 0.3) is 5.91 Å². The fourth-order valence-electron chi connectivity index (χ4n) is 1.06. The maximum absolute atomic E-state index is 11.2. The lowest BCUT2D eigenvalue weighted by atomic mass is 10.1. The summed E-state index contributed by atoms with van der Waals surface area (Å²) in [5.41, 5.74) is 1.54. The number of halogens is 1. The molecule has 0 unspecified atom stereocenters. The largest absolute Gasteiger partial charge is 0.355 e. The van der Waals surface area contributed by atoms with E-state index in [0.29, 0.717) is 17.9 Å². The molecule has 0 atom stereocenters. The fourth-order valence-corrected chi connectivity index (χ4v) is 1.16. The highest BCUT2D eigenvalue weighted by molar-refractivity contribution is 6.18. The van der Waals surface area contributed by atoms with Crippen LogP contribution in [-0.2, 0) is 0 Å². The second-order valence-electron chi connectivity index (χ2n) is 2.90. The molecule has 0 spiro atoms. The Hall–Kier alpha value is -1.46. The Kier molecular flexibility index (Phi) is 4.73. The van der Waals surface area contributed by atoms with Gasteiger partial charge in [0.05, 0.1) is 0 Å². The third-order valence-electron chi connectivity index (χ3n) is 1.83. The third kappa shape index (κ3) is 3.65. The van der Waals surface area contributed by atoms with Gasteiger partial charge in [0.15, 0.2) is 0 Å². The van der Waals surface area contributed by atoms with Crippen LogP contribution in [0, 0.1) is 11.8 Å². The minimum absolute atomic E-state index is 0.0877. The van der Waals surface area contributed by atoms with E-state index < -0.39 is 0 Å². The number of nitrogens with one attached hydrogen (secondary N) is 1. The Morgan fingerprint density at radius 2 is 2.07 bits per heavy atom. The van der Waals surface area contributed by atoms with Crippen LogP contribution in [0.1, 0.15) is 22.3 Å². The second-order valence-corrected chi connectivity index (χ2v) is 3.28. The van der Waals surface area contributed by atoms with Gasteiger partial charge in [-0.25, -0.2) is 0 Å². The molecule has 0 saturated carbocycles. The molecule has 0 aliphatic carbocycles. The Morgan fingerprint density at radius 1 is 1.40 bits per heavy atom. The fraction of sp³-hybridized carbons (Fsp3) is 0.250. The van der Waals surface area contributed by atoms with Gasteiger partial charge >= 0.3 is 0 Å². The first-order chi connectivity index (χ1) is 7.27. The van der Waals surface area contributed by atoms with Crippen LogP contribution < -0.4 is 5.32 Å². The van der Waals surface area contributed by atoms with Crippen LogP contribution in [0.2, 0.25) is 0 Å². The van der Waals surface area contributed by atoms with Crippen LogP contribution in [0.15, 0.2) is 24.3 Å². The Morgan fingerprint density at radius 3 is 2.60 bits per heavy atom.